The number of aryl methyl sites for hydroxylation is 2. The second-order valence-electron chi connectivity index (χ2n) is 12.7. The van der Waals surface area contributed by atoms with E-state index in [9.17, 15) is 0 Å². The molecule has 0 amide bonds. The van der Waals surface area contributed by atoms with E-state index >= 15 is 0 Å². The van der Waals surface area contributed by atoms with Crippen LogP contribution in [0.3, 0.4) is 0 Å². The van der Waals surface area contributed by atoms with Crippen molar-refractivity contribution in [3.8, 4) is 17.2 Å². The summed E-state index contributed by atoms with van der Waals surface area (Å²) in [7, 11) is 0. The molecule has 0 radical (unpaired) electrons. The van der Waals surface area contributed by atoms with Crippen LogP contribution in [0.4, 0.5) is 17.3 Å². The minimum atomic E-state index is -0.611. The Balaban J connectivity index is 1.23. The molecule has 2 aliphatic heterocycles. The molecule has 6 heteroatoms. The second kappa shape index (κ2) is 9.86. The van der Waals surface area contributed by atoms with E-state index in [0.717, 1.165) is 61.6 Å². The molecule has 6 nitrogen and oxygen atoms in total. The Morgan fingerprint density at radius 2 is 1.15 bits per heavy atom. The van der Waals surface area contributed by atoms with Crippen LogP contribution in [0.2, 0.25) is 0 Å². The van der Waals surface area contributed by atoms with E-state index in [1.165, 1.54) is 22.3 Å². The molecule has 0 N–H and O–H groups in total. The van der Waals surface area contributed by atoms with Gasteiger partial charge in [-0.15, -0.1) is 0 Å². The predicted molar refractivity (Wildman–Crippen MR) is 190 cm³/mol. The highest BCUT2D eigenvalue weighted by atomic mass is 16.5. The highest BCUT2D eigenvalue weighted by Gasteiger charge is 2.51. The Bertz CT molecular complexity index is 2430. The second-order valence-corrected chi connectivity index (χ2v) is 12.7. The minimum Gasteiger partial charge on any atom is -0.457 e. The van der Waals surface area contributed by atoms with E-state index in [2.05, 4.69) is 126 Å². The van der Waals surface area contributed by atoms with Crippen LogP contribution in [-0.2, 0) is 5.41 Å². The normalized spacial score (nSPS) is 13.9. The molecular weight excluding hydrogens is 590 g/mol. The molecule has 8 aromatic rings. The molecular formula is C42H29N5O. The summed E-state index contributed by atoms with van der Waals surface area (Å²) in [5, 5.41) is 1.10. The number of hydrogen-bond donors (Lipinski definition) is 0. The van der Waals surface area contributed by atoms with Crippen LogP contribution in [0.25, 0.3) is 27.6 Å². The molecule has 5 aromatic carbocycles. The lowest BCUT2D eigenvalue weighted by atomic mass is 9.61. The summed E-state index contributed by atoms with van der Waals surface area (Å²) in [6.07, 6.45) is 5.69. The van der Waals surface area contributed by atoms with Gasteiger partial charge in [-0.25, -0.2) is 9.97 Å². The molecule has 48 heavy (non-hydrogen) atoms. The van der Waals surface area contributed by atoms with Gasteiger partial charge < -0.3 is 9.30 Å². The molecule has 2 aliphatic rings. The average Bonchev–Trinajstić information content (AvgIpc) is 3.46. The molecule has 0 saturated heterocycles. The first-order valence-electron chi connectivity index (χ1n) is 16.2. The summed E-state index contributed by atoms with van der Waals surface area (Å²) in [5.41, 5.74) is 12.4. The molecule has 5 heterocycles. The van der Waals surface area contributed by atoms with Crippen LogP contribution in [0.15, 0.2) is 140 Å². The highest BCUT2D eigenvalue weighted by Crippen LogP contribution is 2.62. The molecule has 228 valence electrons. The van der Waals surface area contributed by atoms with Crippen molar-refractivity contribution in [3.05, 3.63) is 173 Å². The van der Waals surface area contributed by atoms with Gasteiger partial charge in [-0.2, -0.15) is 0 Å². The SMILES string of the molecule is Cc1ccc2c(c1)C1(c3ccccc3Oc3ccccc31)c1cc(C)ccc1N2c1ncc(-n2c3ccccc3c3ncccc32)cn1. The third-order valence-corrected chi connectivity index (χ3v) is 9.91. The molecule has 10 rings (SSSR count). The summed E-state index contributed by atoms with van der Waals surface area (Å²) in [4.78, 5) is 17.1. The molecule has 0 aliphatic carbocycles. The van der Waals surface area contributed by atoms with Gasteiger partial charge in [0.05, 0.1) is 51.4 Å². The number of aromatic nitrogens is 4. The first-order chi connectivity index (χ1) is 23.6. The quantitative estimate of drug-likeness (QED) is 0.193. The number of benzene rings is 5. The van der Waals surface area contributed by atoms with Crippen LogP contribution < -0.4 is 9.64 Å². The van der Waals surface area contributed by atoms with Crippen LogP contribution in [0.1, 0.15) is 33.4 Å². The smallest absolute Gasteiger partial charge is 0.234 e. The van der Waals surface area contributed by atoms with Gasteiger partial charge >= 0.3 is 0 Å². The monoisotopic (exact) mass is 619 g/mol. The molecule has 0 unspecified atom stereocenters. The number of pyridine rings is 1. The lowest BCUT2D eigenvalue weighted by Crippen LogP contribution is -2.40. The maximum Gasteiger partial charge on any atom is 0.234 e. The highest BCUT2D eigenvalue weighted by molar-refractivity contribution is 6.06. The number of hydrogen-bond acceptors (Lipinski definition) is 5. The number of nitrogens with zero attached hydrogens (tertiary/aromatic N) is 5. The Morgan fingerprint density at radius 3 is 1.81 bits per heavy atom. The van der Waals surface area contributed by atoms with E-state index in [1.54, 1.807) is 0 Å². The Labute approximate surface area is 277 Å². The molecule has 0 fully saturated rings. The number of anilines is 3. The standard InChI is InChI=1S/C42H29N5O/c1-26-17-19-35-32(22-26)42(30-11-4-7-15-38(30)48-39-16-8-5-12-31(39)42)33-23-27(2)18-20-36(33)47(35)41-44-24-28(25-45-41)46-34-13-6-3-10-29(34)40-37(46)14-9-21-43-40/h3-25H,1-2H3. The summed E-state index contributed by atoms with van der Waals surface area (Å²) < 4.78 is 8.76. The summed E-state index contributed by atoms with van der Waals surface area (Å²) in [5.74, 6) is 2.34. The number of rotatable bonds is 2. The van der Waals surface area contributed by atoms with Crippen LogP contribution in [-0.4, -0.2) is 19.5 Å². The van der Waals surface area contributed by atoms with Crippen molar-refractivity contribution in [1.29, 1.82) is 0 Å². The van der Waals surface area contributed by atoms with Gasteiger partial charge in [0.15, 0.2) is 0 Å². The van der Waals surface area contributed by atoms with Crippen LogP contribution in [0, 0.1) is 13.8 Å². The van der Waals surface area contributed by atoms with Crippen molar-refractivity contribution in [2.75, 3.05) is 4.90 Å². The molecule has 3 aromatic heterocycles. The summed E-state index contributed by atoms with van der Waals surface area (Å²) in [6.45, 7) is 4.32. The molecule has 0 bridgehead atoms. The first kappa shape index (κ1) is 26.9. The third-order valence-electron chi connectivity index (χ3n) is 9.91. The van der Waals surface area contributed by atoms with Crippen LogP contribution in [0.5, 0.6) is 11.5 Å². The fraction of sp³-hybridized carbons (Fsp3) is 0.0714. The van der Waals surface area contributed by atoms with Crippen molar-refractivity contribution in [1.82, 2.24) is 19.5 Å². The van der Waals surface area contributed by atoms with Crippen molar-refractivity contribution >= 4 is 39.3 Å². The van der Waals surface area contributed by atoms with Gasteiger partial charge in [0.2, 0.25) is 5.95 Å². The zero-order valence-electron chi connectivity index (χ0n) is 26.4. The number of para-hydroxylation sites is 3. The Hall–Kier alpha value is -6.27. The largest absolute Gasteiger partial charge is 0.457 e. The van der Waals surface area contributed by atoms with Gasteiger partial charge in [0.25, 0.3) is 0 Å². The molecule has 0 saturated carbocycles. The third kappa shape index (κ3) is 3.54. The van der Waals surface area contributed by atoms with Crippen molar-refractivity contribution in [3.63, 3.8) is 0 Å². The Morgan fingerprint density at radius 1 is 0.562 bits per heavy atom. The van der Waals surface area contributed by atoms with Crippen LogP contribution >= 0.6 is 0 Å². The van der Waals surface area contributed by atoms with E-state index in [0.29, 0.717) is 5.95 Å². The summed E-state index contributed by atoms with van der Waals surface area (Å²) >= 11 is 0. The lowest BCUT2D eigenvalue weighted by molar-refractivity contribution is 0.434. The maximum absolute atomic E-state index is 6.57. The first-order valence-corrected chi connectivity index (χ1v) is 16.2. The van der Waals surface area contributed by atoms with E-state index < -0.39 is 5.41 Å². The van der Waals surface area contributed by atoms with Crippen molar-refractivity contribution in [2.45, 2.75) is 19.3 Å². The fourth-order valence-corrected chi connectivity index (χ4v) is 7.96. The zero-order valence-corrected chi connectivity index (χ0v) is 26.4. The minimum absolute atomic E-state index is 0.608. The Kier molecular flexibility index (Phi) is 5.53. The average molecular weight is 620 g/mol. The van der Waals surface area contributed by atoms with Crippen molar-refractivity contribution < 1.29 is 4.74 Å². The van der Waals surface area contributed by atoms with E-state index in [1.807, 2.05) is 36.8 Å². The van der Waals surface area contributed by atoms with Gasteiger partial charge in [-0.1, -0.05) is 90.0 Å². The van der Waals surface area contributed by atoms with Gasteiger partial charge in [0, 0.05) is 22.7 Å². The predicted octanol–water partition coefficient (Wildman–Crippen LogP) is 9.86. The molecule has 1 spiro atoms. The topological polar surface area (TPSA) is 56.1 Å². The lowest BCUT2D eigenvalue weighted by Gasteiger charge is -2.48. The fourth-order valence-electron chi connectivity index (χ4n) is 7.96. The maximum atomic E-state index is 6.57. The van der Waals surface area contributed by atoms with Crippen molar-refractivity contribution in [2.24, 2.45) is 0 Å². The van der Waals surface area contributed by atoms with E-state index in [-0.39, 0.29) is 0 Å². The van der Waals surface area contributed by atoms with Gasteiger partial charge in [0.1, 0.15) is 11.5 Å². The number of ether oxygens (including phenoxy) is 1. The number of fused-ring (bicyclic) bond motifs is 11. The zero-order chi connectivity index (χ0) is 32.0. The summed E-state index contributed by atoms with van der Waals surface area (Å²) in [6, 6.07) is 42.8. The van der Waals surface area contributed by atoms with Gasteiger partial charge in [-0.3, -0.25) is 9.88 Å². The van der Waals surface area contributed by atoms with E-state index in [4.69, 9.17) is 19.7 Å². The molecule has 0 atom stereocenters. The van der Waals surface area contributed by atoms with Gasteiger partial charge in [-0.05, 0) is 67.4 Å².